The highest BCUT2D eigenvalue weighted by molar-refractivity contribution is 9.10. The molecule has 0 aromatic heterocycles. The van der Waals surface area contributed by atoms with Crippen molar-refractivity contribution in [2.75, 3.05) is 18.6 Å². The molecule has 1 heterocycles. The Morgan fingerprint density at radius 3 is 2.71 bits per heavy atom. The van der Waals surface area contributed by atoms with Crippen LogP contribution in [-0.4, -0.2) is 48.4 Å². The first-order valence-electron chi connectivity index (χ1n) is 6.03. The minimum absolute atomic E-state index is 0.202. The van der Waals surface area contributed by atoms with Crippen LogP contribution < -0.4 is 0 Å². The lowest BCUT2D eigenvalue weighted by molar-refractivity contribution is 0.0691. The van der Waals surface area contributed by atoms with Gasteiger partial charge in [0.2, 0.25) is 10.0 Å². The minimum atomic E-state index is -4.08. The van der Waals surface area contributed by atoms with Gasteiger partial charge in [-0.2, -0.15) is 16.1 Å². The van der Waals surface area contributed by atoms with Crippen molar-refractivity contribution in [3.8, 4) is 0 Å². The second-order valence-corrected chi connectivity index (χ2v) is 8.64. The van der Waals surface area contributed by atoms with Crippen LogP contribution >= 0.6 is 27.7 Å². The van der Waals surface area contributed by atoms with Crippen molar-refractivity contribution in [1.29, 1.82) is 0 Å². The van der Waals surface area contributed by atoms with Crippen LogP contribution in [0, 0.1) is 5.82 Å². The Morgan fingerprint density at radius 1 is 1.52 bits per heavy atom. The lowest BCUT2D eigenvalue weighted by atomic mass is 10.2. The molecule has 1 N–H and O–H groups in total. The van der Waals surface area contributed by atoms with Gasteiger partial charge in [-0.05, 0) is 24.3 Å². The van der Waals surface area contributed by atoms with Crippen LogP contribution in [0.1, 0.15) is 16.8 Å². The molecule has 0 amide bonds. The van der Waals surface area contributed by atoms with Gasteiger partial charge in [0.1, 0.15) is 4.90 Å². The maximum atomic E-state index is 14.2. The van der Waals surface area contributed by atoms with Gasteiger partial charge in [0.25, 0.3) is 0 Å². The summed E-state index contributed by atoms with van der Waals surface area (Å²) in [5, 5.41) is 8.96. The van der Waals surface area contributed by atoms with Gasteiger partial charge in [0.15, 0.2) is 5.82 Å². The van der Waals surface area contributed by atoms with Crippen molar-refractivity contribution < 1.29 is 22.7 Å². The molecule has 116 valence electrons. The number of carbonyl (C=O) groups is 1. The van der Waals surface area contributed by atoms with Gasteiger partial charge in [0.05, 0.1) is 5.56 Å². The number of benzene rings is 1. The Bertz CT molecular complexity index is 674. The highest BCUT2D eigenvalue weighted by Crippen LogP contribution is 2.30. The Balaban J connectivity index is 2.51. The van der Waals surface area contributed by atoms with Crippen molar-refractivity contribution in [2.24, 2.45) is 0 Å². The van der Waals surface area contributed by atoms with Crippen LogP contribution in [0.15, 0.2) is 21.5 Å². The first-order valence-corrected chi connectivity index (χ1v) is 9.42. The SMILES string of the molecule is CN(C1CCSC1)S(=O)(=O)c1cc(Br)cc(C(=O)O)c1F. The Morgan fingerprint density at radius 2 is 2.19 bits per heavy atom. The number of aromatic carboxylic acids is 1. The van der Waals surface area contributed by atoms with Gasteiger partial charge >= 0.3 is 5.97 Å². The summed E-state index contributed by atoms with van der Waals surface area (Å²) in [5.41, 5.74) is -0.669. The topological polar surface area (TPSA) is 74.7 Å². The maximum Gasteiger partial charge on any atom is 0.338 e. The van der Waals surface area contributed by atoms with E-state index in [1.807, 2.05) is 0 Å². The number of sulfonamides is 1. The summed E-state index contributed by atoms with van der Waals surface area (Å²) in [6, 6.07) is 1.93. The summed E-state index contributed by atoms with van der Waals surface area (Å²) >= 11 is 4.66. The molecule has 1 aromatic rings. The number of halogens is 2. The molecule has 1 unspecified atom stereocenters. The van der Waals surface area contributed by atoms with E-state index in [0.29, 0.717) is 12.2 Å². The molecule has 1 atom stereocenters. The molecule has 1 fully saturated rings. The predicted molar refractivity (Wildman–Crippen MR) is 81.7 cm³/mol. The summed E-state index contributed by atoms with van der Waals surface area (Å²) in [7, 11) is -2.68. The van der Waals surface area contributed by atoms with Gasteiger partial charge < -0.3 is 5.11 Å². The van der Waals surface area contributed by atoms with Gasteiger partial charge in [-0.25, -0.2) is 17.6 Å². The second-order valence-electron chi connectivity index (χ2n) is 4.61. The Kier molecular flexibility index (Phi) is 4.96. The number of rotatable bonds is 4. The number of nitrogens with zero attached hydrogens (tertiary/aromatic N) is 1. The van der Waals surface area contributed by atoms with E-state index in [9.17, 15) is 17.6 Å². The zero-order valence-electron chi connectivity index (χ0n) is 11.0. The summed E-state index contributed by atoms with van der Waals surface area (Å²) in [6.07, 6.45) is 0.696. The average Bonchev–Trinajstić information content (AvgIpc) is 2.93. The Labute approximate surface area is 134 Å². The molecule has 1 aliphatic rings. The smallest absolute Gasteiger partial charge is 0.338 e. The van der Waals surface area contributed by atoms with E-state index in [4.69, 9.17) is 5.11 Å². The molecule has 0 saturated carbocycles. The van der Waals surface area contributed by atoms with Gasteiger partial charge in [-0.3, -0.25) is 0 Å². The van der Waals surface area contributed by atoms with Crippen LogP contribution in [0.3, 0.4) is 0 Å². The summed E-state index contributed by atoms with van der Waals surface area (Å²) in [4.78, 5) is 10.4. The molecule has 0 bridgehead atoms. The van der Waals surface area contributed by atoms with Gasteiger partial charge in [-0.1, -0.05) is 15.9 Å². The molecule has 9 heteroatoms. The first kappa shape index (κ1) is 16.7. The summed E-state index contributed by atoms with van der Waals surface area (Å²) in [6.45, 7) is 0. The third kappa shape index (κ3) is 3.25. The second kappa shape index (κ2) is 6.23. The molecular weight excluding hydrogens is 385 g/mol. The first-order chi connectivity index (χ1) is 9.75. The number of hydrogen-bond acceptors (Lipinski definition) is 4. The normalized spacial score (nSPS) is 19.1. The monoisotopic (exact) mass is 397 g/mol. The highest BCUT2D eigenvalue weighted by atomic mass is 79.9. The fourth-order valence-corrected chi connectivity index (χ4v) is 5.53. The van der Waals surface area contributed by atoms with Crippen LogP contribution in [0.2, 0.25) is 0 Å². The van der Waals surface area contributed by atoms with Crippen LogP contribution in [0.5, 0.6) is 0 Å². The third-order valence-electron chi connectivity index (χ3n) is 3.31. The van der Waals surface area contributed by atoms with E-state index in [2.05, 4.69) is 15.9 Å². The molecular formula is C12H13BrFNO4S2. The van der Waals surface area contributed by atoms with Crippen molar-refractivity contribution in [3.63, 3.8) is 0 Å². The molecule has 1 aliphatic heterocycles. The lowest BCUT2D eigenvalue weighted by Crippen LogP contribution is -2.37. The number of hydrogen-bond donors (Lipinski definition) is 1. The van der Waals surface area contributed by atoms with E-state index in [1.165, 1.54) is 7.05 Å². The zero-order valence-corrected chi connectivity index (χ0v) is 14.3. The van der Waals surface area contributed by atoms with Crippen LogP contribution in [-0.2, 0) is 10.0 Å². The molecule has 0 aliphatic carbocycles. The fourth-order valence-electron chi connectivity index (χ4n) is 2.07. The molecule has 0 spiro atoms. The summed E-state index contributed by atoms with van der Waals surface area (Å²) in [5.74, 6) is -1.24. The van der Waals surface area contributed by atoms with Crippen LogP contribution in [0.25, 0.3) is 0 Å². The van der Waals surface area contributed by atoms with Crippen LogP contribution in [0.4, 0.5) is 4.39 Å². The molecule has 1 aromatic carbocycles. The minimum Gasteiger partial charge on any atom is -0.478 e. The molecule has 21 heavy (non-hydrogen) atoms. The molecule has 2 rings (SSSR count). The Hall–Kier alpha value is -0.640. The highest BCUT2D eigenvalue weighted by Gasteiger charge is 2.34. The molecule has 5 nitrogen and oxygen atoms in total. The van der Waals surface area contributed by atoms with E-state index in [1.54, 1.807) is 11.8 Å². The standard InChI is InChI=1S/C12H13BrFNO4S2/c1-15(8-2-3-20-6-8)21(18,19)10-5-7(13)4-9(11(10)14)12(16)17/h4-5,8H,2-3,6H2,1H3,(H,16,17). The van der Waals surface area contributed by atoms with Crippen molar-refractivity contribution >= 4 is 43.7 Å². The predicted octanol–water partition coefficient (Wildman–Crippen LogP) is 2.41. The zero-order chi connectivity index (χ0) is 15.8. The molecule has 1 saturated heterocycles. The van der Waals surface area contributed by atoms with Crippen molar-refractivity contribution in [1.82, 2.24) is 4.31 Å². The molecule has 0 radical (unpaired) electrons. The summed E-state index contributed by atoms with van der Waals surface area (Å²) < 4.78 is 40.6. The number of carboxylic acids is 1. The lowest BCUT2D eigenvalue weighted by Gasteiger charge is -2.23. The average molecular weight is 398 g/mol. The fraction of sp³-hybridized carbons (Fsp3) is 0.417. The van der Waals surface area contributed by atoms with E-state index in [0.717, 1.165) is 22.2 Å². The third-order valence-corrected chi connectivity index (χ3v) is 6.82. The largest absolute Gasteiger partial charge is 0.478 e. The quantitative estimate of drug-likeness (QED) is 0.843. The van der Waals surface area contributed by atoms with E-state index < -0.39 is 32.3 Å². The maximum absolute atomic E-state index is 14.2. The van der Waals surface area contributed by atoms with Gasteiger partial charge in [0, 0.05) is 23.3 Å². The number of thioether (sulfide) groups is 1. The van der Waals surface area contributed by atoms with Gasteiger partial charge in [-0.15, -0.1) is 0 Å². The van der Waals surface area contributed by atoms with Crippen molar-refractivity contribution in [3.05, 3.63) is 28.0 Å². The van der Waals surface area contributed by atoms with Crippen molar-refractivity contribution in [2.45, 2.75) is 17.4 Å². The van der Waals surface area contributed by atoms with E-state index >= 15 is 0 Å². The number of carboxylic acid groups (broad SMARTS) is 1. The van der Waals surface area contributed by atoms with E-state index in [-0.39, 0.29) is 10.5 Å².